The fraction of sp³-hybridized carbons (Fsp3) is 0.800. The highest BCUT2D eigenvalue weighted by Gasteiger charge is 2.34. The van der Waals surface area contributed by atoms with Crippen LogP contribution in [0.1, 0.15) is 20.3 Å². The Morgan fingerprint density at radius 3 is 2.53 bits per heavy atom. The second-order valence-corrected chi connectivity index (χ2v) is 4.44. The Hall–Kier alpha value is -1.10. The summed E-state index contributed by atoms with van der Waals surface area (Å²) >= 11 is 0. The predicted octanol–water partition coefficient (Wildman–Crippen LogP) is -0.552. The average Bonchev–Trinajstić information content (AvgIpc) is 2.45. The van der Waals surface area contributed by atoms with Crippen LogP contribution in [0, 0.1) is 0 Å². The van der Waals surface area contributed by atoms with Gasteiger partial charge in [0.15, 0.2) is 0 Å². The minimum Gasteiger partial charge on any atom is -0.388 e. The van der Waals surface area contributed by atoms with Gasteiger partial charge in [-0.1, -0.05) is 0 Å². The van der Waals surface area contributed by atoms with Gasteiger partial charge in [0.05, 0.1) is 12.1 Å². The highest BCUT2D eigenvalue weighted by molar-refractivity contribution is 5.83. The molecule has 1 fully saturated rings. The van der Waals surface area contributed by atoms with E-state index in [0.717, 1.165) is 0 Å². The number of aliphatic hydroxyl groups is 1. The Kier molecular flexibility index (Phi) is 3.34. The molecule has 1 aliphatic rings. The van der Waals surface area contributed by atoms with Crippen LogP contribution in [0.2, 0.25) is 0 Å². The van der Waals surface area contributed by atoms with Crippen LogP contribution in [0.25, 0.3) is 0 Å². The van der Waals surface area contributed by atoms with Crippen molar-refractivity contribution in [3.63, 3.8) is 0 Å². The van der Waals surface area contributed by atoms with Crippen LogP contribution in [0.15, 0.2) is 0 Å². The van der Waals surface area contributed by atoms with Crippen LogP contribution in [0.4, 0.5) is 0 Å². The van der Waals surface area contributed by atoms with E-state index in [1.807, 2.05) is 0 Å². The van der Waals surface area contributed by atoms with Gasteiger partial charge in [0.1, 0.15) is 0 Å². The van der Waals surface area contributed by atoms with Gasteiger partial charge in [0.2, 0.25) is 11.8 Å². The van der Waals surface area contributed by atoms with Crippen LogP contribution in [0.3, 0.4) is 0 Å². The third-order valence-electron chi connectivity index (χ3n) is 2.71. The van der Waals surface area contributed by atoms with Gasteiger partial charge >= 0.3 is 0 Å². The van der Waals surface area contributed by atoms with Crippen LogP contribution in [-0.2, 0) is 9.59 Å². The van der Waals surface area contributed by atoms with E-state index < -0.39 is 5.60 Å². The molecule has 0 aromatic rings. The molecule has 0 bridgehead atoms. The lowest BCUT2D eigenvalue weighted by Crippen LogP contribution is -2.41. The number of hydrogen-bond donors (Lipinski definition) is 1. The molecule has 5 nitrogen and oxygen atoms in total. The molecule has 1 rings (SSSR count). The minimum atomic E-state index is -0.773. The lowest BCUT2D eigenvalue weighted by Gasteiger charge is -2.22. The van der Waals surface area contributed by atoms with E-state index in [0.29, 0.717) is 19.5 Å². The molecule has 0 saturated carbocycles. The highest BCUT2D eigenvalue weighted by Crippen LogP contribution is 2.20. The van der Waals surface area contributed by atoms with Crippen molar-refractivity contribution in [1.82, 2.24) is 9.80 Å². The van der Waals surface area contributed by atoms with Crippen LogP contribution >= 0.6 is 0 Å². The van der Waals surface area contributed by atoms with Gasteiger partial charge < -0.3 is 14.9 Å². The SMILES string of the molecule is CC(=O)N(C)CC(=O)N1CCC(C)(O)C1. The average molecular weight is 214 g/mol. The summed E-state index contributed by atoms with van der Waals surface area (Å²) in [5.74, 6) is -0.236. The second-order valence-electron chi connectivity index (χ2n) is 4.44. The molecule has 1 atom stereocenters. The van der Waals surface area contributed by atoms with Crippen LogP contribution < -0.4 is 0 Å². The summed E-state index contributed by atoms with van der Waals surface area (Å²) in [7, 11) is 1.59. The maximum absolute atomic E-state index is 11.7. The molecule has 1 heterocycles. The molecule has 5 heteroatoms. The zero-order chi connectivity index (χ0) is 11.6. The standard InChI is InChI=1S/C10H18N2O3/c1-8(13)11(3)6-9(14)12-5-4-10(2,15)7-12/h15H,4-7H2,1-3H3. The molecule has 1 N–H and O–H groups in total. The number of nitrogens with zero attached hydrogens (tertiary/aromatic N) is 2. The number of likely N-dealkylation sites (N-methyl/N-ethyl adjacent to an activating group) is 1. The molecule has 86 valence electrons. The Balaban J connectivity index is 2.46. The van der Waals surface area contributed by atoms with E-state index in [1.54, 1.807) is 18.9 Å². The third-order valence-corrected chi connectivity index (χ3v) is 2.71. The monoisotopic (exact) mass is 214 g/mol. The quantitative estimate of drug-likeness (QED) is 0.671. The van der Waals surface area contributed by atoms with Gasteiger partial charge in [0, 0.05) is 27.1 Å². The first kappa shape index (κ1) is 12.0. The van der Waals surface area contributed by atoms with Gasteiger partial charge in [0.25, 0.3) is 0 Å². The molecule has 0 aromatic heterocycles. The van der Waals surface area contributed by atoms with Crippen molar-refractivity contribution < 1.29 is 14.7 Å². The molecule has 1 saturated heterocycles. The van der Waals surface area contributed by atoms with E-state index in [2.05, 4.69) is 0 Å². The minimum absolute atomic E-state index is 0.0887. The maximum Gasteiger partial charge on any atom is 0.242 e. The molecule has 0 spiro atoms. The Morgan fingerprint density at radius 1 is 1.53 bits per heavy atom. The van der Waals surface area contributed by atoms with Crippen molar-refractivity contribution in [3.05, 3.63) is 0 Å². The number of likely N-dealkylation sites (tertiary alicyclic amines) is 1. The Morgan fingerprint density at radius 2 is 2.13 bits per heavy atom. The van der Waals surface area contributed by atoms with E-state index in [1.165, 1.54) is 11.8 Å². The largest absolute Gasteiger partial charge is 0.388 e. The first-order valence-electron chi connectivity index (χ1n) is 5.04. The molecule has 1 aliphatic heterocycles. The Labute approximate surface area is 89.7 Å². The van der Waals surface area contributed by atoms with Gasteiger partial charge in [-0.15, -0.1) is 0 Å². The van der Waals surface area contributed by atoms with Gasteiger partial charge in [-0.3, -0.25) is 9.59 Å². The number of rotatable bonds is 2. The predicted molar refractivity (Wildman–Crippen MR) is 55.1 cm³/mol. The first-order chi connectivity index (χ1) is 6.82. The smallest absolute Gasteiger partial charge is 0.242 e. The number of carbonyl (C=O) groups excluding carboxylic acids is 2. The molecule has 0 aromatic carbocycles. The van der Waals surface area contributed by atoms with Crippen molar-refractivity contribution in [3.8, 4) is 0 Å². The summed E-state index contributed by atoms with van der Waals surface area (Å²) in [6.07, 6.45) is 0.600. The normalized spacial score (nSPS) is 25.5. The van der Waals surface area contributed by atoms with Crippen molar-refractivity contribution >= 4 is 11.8 Å². The summed E-state index contributed by atoms with van der Waals surface area (Å²) < 4.78 is 0. The first-order valence-corrected chi connectivity index (χ1v) is 5.04. The molecule has 1 unspecified atom stereocenters. The van der Waals surface area contributed by atoms with Gasteiger partial charge in [-0.25, -0.2) is 0 Å². The Bertz CT molecular complexity index is 276. The zero-order valence-electron chi connectivity index (χ0n) is 9.49. The highest BCUT2D eigenvalue weighted by atomic mass is 16.3. The summed E-state index contributed by atoms with van der Waals surface area (Å²) in [5.41, 5.74) is -0.773. The lowest BCUT2D eigenvalue weighted by atomic mass is 10.1. The second kappa shape index (κ2) is 4.18. The van der Waals surface area contributed by atoms with E-state index in [4.69, 9.17) is 0 Å². The number of carbonyl (C=O) groups is 2. The van der Waals surface area contributed by atoms with Crippen molar-refractivity contribution in [2.75, 3.05) is 26.7 Å². The lowest BCUT2D eigenvalue weighted by molar-refractivity contribution is -0.138. The number of amides is 2. The van der Waals surface area contributed by atoms with Crippen LogP contribution in [-0.4, -0.2) is 59.0 Å². The van der Waals surface area contributed by atoms with Gasteiger partial charge in [-0.2, -0.15) is 0 Å². The van der Waals surface area contributed by atoms with E-state index >= 15 is 0 Å². The molecular formula is C10H18N2O3. The number of hydrogen-bond acceptors (Lipinski definition) is 3. The van der Waals surface area contributed by atoms with Crippen molar-refractivity contribution in [1.29, 1.82) is 0 Å². The van der Waals surface area contributed by atoms with Gasteiger partial charge in [-0.05, 0) is 13.3 Å². The summed E-state index contributed by atoms with van der Waals surface area (Å²) in [4.78, 5) is 25.6. The fourth-order valence-corrected chi connectivity index (χ4v) is 1.57. The van der Waals surface area contributed by atoms with E-state index in [-0.39, 0.29) is 18.4 Å². The molecule has 15 heavy (non-hydrogen) atoms. The summed E-state index contributed by atoms with van der Waals surface area (Å²) in [5, 5.41) is 9.68. The topological polar surface area (TPSA) is 60.9 Å². The van der Waals surface area contributed by atoms with E-state index in [9.17, 15) is 14.7 Å². The summed E-state index contributed by atoms with van der Waals surface area (Å²) in [6.45, 7) is 4.16. The maximum atomic E-state index is 11.7. The van der Waals surface area contributed by atoms with Crippen molar-refractivity contribution in [2.45, 2.75) is 25.9 Å². The molecule has 0 aliphatic carbocycles. The van der Waals surface area contributed by atoms with Crippen molar-refractivity contribution in [2.24, 2.45) is 0 Å². The fourth-order valence-electron chi connectivity index (χ4n) is 1.57. The summed E-state index contributed by atoms with van der Waals surface area (Å²) in [6, 6.07) is 0. The van der Waals surface area contributed by atoms with Crippen LogP contribution in [0.5, 0.6) is 0 Å². The molecule has 2 amide bonds. The number of β-amino-alcohol motifs (C(OH)–C–C–N with tert-alkyl or cyclic N) is 1. The zero-order valence-corrected chi connectivity index (χ0v) is 9.49. The molecular weight excluding hydrogens is 196 g/mol. The third kappa shape index (κ3) is 3.20. The molecule has 0 radical (unpaired) electrons.